The molecule has 7 nitrogen and oxygen atoms in total. The van der Waals surface area contributed by atoms with Crippen LogP contribution in [0.4, 0.5) is 13.2 Å². The molecule has 0 atom stereocenters. The number of aryl methyl sites for hydroxylation is 1. The van der Waals surface area contributed by atoms with Crippen LogP contribution in [0.3, 0.4) is 0 Å². The Morgan fingerprint density at radius 3 is 2.56 bits per heavy atom. The number of nitrogens with one attached hydrogen (secondary N) is 1. The Morgan fingerprint density at radius 1 is 1.12 bits per heavy atom. The van der Waals surface area contributed by atoms with Crippen LogP contribution < -0.4 is 15.5 Å². The van der Waals surface area contributed by atoms with Crippen molar-refractivity contribution in [1.29, 1.82) is 0 Å². The molecule has 0 radical (unpaired) electrons. The van der Waals surface area contributed by atoms with Gasteiger partial charge in [0, 0.05) is 24.8 Å². The molecule has 0 aliphatic rings. The molecule has 1 N–H and O–H groups in total. The monoisotopic (exact) mass is 474 g/mol. The van der Waals surface area contributed by atoms with E-state index in [-0.39, 0.29) is 12.2 Å². The van der Waals surface area contributed by atoms with Gasteiger partial charge in [0.15, 0.2) is 5.69 Å². The van der Waals surface area contributed by atoms with E-state index >= 15 is 0 Å². The molecule has 0 saturated carbocycles. The SMILES string of the molecule is Cc1cc(=O)c(C(=O)NCc2cccc(OCCN(C)C)c2)nn1-c1cccc(C(F)(F)F)c1. The highest BCUT2D eigenvalue weighted by Crippen LogP contribution is 2.30. The molecule has 1 heterocycles. The van der Waals surface area contributed by atoms with Gasteiger partial charge in [-0.3, -0.25) is 9.59 Å². The summed E-state index contributed by atoms with van der Waals surface area (Å²) in [5.74, 6) is -0.0846. The van der Waals surface area contributed by atoms with Gasteiger partial charge in [0.2, 0.25) is 5.43 Å². The first-order valence-corrected chi connectivity index (χ1v) is 10.5. The van der Waals surface area contributed by atoms with E-state index in [9.17, 15) is 22.8 Å². The first kappa shape index (κ1) is 25.0. The standard InChI is InChI=1S/C24H25F3N4O3/c1-16-12-21(32)22(29-31(16)19-8-5-7-18(14-19)24(25,26)27)23(33)28-15-17-6-4-9-20(13-17)34-11-10-30(2)3/h4-9,12-14H,10-11,15H2,1-3H3,(H,28,33). The van der Waals surface area contributed by atoms with Gasteiger partial charge in [-0.15, -0.1) is 0 Å². The minimum absolute atomic E-state index is 0.0870. The normalized spacial score (nSPS) is 11.5. The van der Waals surface area contributed by atoms with Gasteiger partial charge in [-0.1, -0.05) is 18.2 Å². The molecule has 1 amide bonds. The average molecular weight is 474 g/mol. The molecule has 3 rings (SSSR count). The van der Waals surface area contributed by atoms with Crippen LogP contribution in [-0.4, -0.2) is 47.8 Å². The van der Waals surface area contributed by atoms with Crippen LogP contribution in [0.1, 0.15) is 27.3 Å². The molecule has 0 unspecified atom stereocenters. The third-order valence-electron chi connectivity index (χ3n) is 4.90. The lowest BCUT2D eigenvalue weighted by Gasteiger charge is -2.14. The largest absolute Gasteiger partial charge is 0.492 e. The summed E-state index contributed by atoms with van der Waals surface area (Å²) in [4.78, 5) is 27.1. The Balaban J connectivity index is 1.77. The van der Waals surface area contributed by atoms with Crippen molar-refractivity contribution >= 4 is 5.91 Å². The van der Waals surface area contributed by atoms with Gasteiger partial charge in [0.1, 0.15) is 12.4 Å². The first-order valence-electron chi connectivity index (χ1n) is 10.5. The predicted molar refractivity (Wildman–Crippen MR) is 121 cm³/mol. The number of carbonyl (C=O) groups is 1. The van der Waals surface area contributed by atoms with E-state index < -0.39 is 28.8 Å². The van der Waals surface area contributed by atoms with E-state index in [0.717, 1.165) is 28.9 Å². The first-order chi connectivity index (χ1) is 16.0. The molecular formula is C24H25F3N4O3. The lowest BCUT2D eigenvalue weighted by Crippen LogP contribution is -2.31. The second-order valence-electron chi connectivity index (χ2n) is 7.94. The Morgan fingerprint density at radius 2 is 1.85 bits per heavy atom. The highest BCUT2D eigenvalue weighted by Gasteiger charge is 2.30. The number of hydrogen-bond acceptors (Lipinski definition) is 5. The zero-order valence-corrected chi connectivity index (χ0v) is 19.0. The van der Waals surface area contributed by atoms with Gasteiger partial charge >= 0.3 is 6.18 Å². The van der Waals surface area contributed by atoms with Crippen molar-refractivity contribution in [1.82, 2.24) is 20.0 Å². The molecule has 0 aliphatic heterocycles. The lowest BCUT2D eigenvalue weighted by atomic mass is 10.2. The van der Waals surface area contributed by atoms with Crippen molar-refractivity contribution < 1.29 is 22.7 Å². The number of halogens is 3. The predicted octanol–water partition coefficient (Wildman–Crippen LogP) is 3.43. The van der Waals surface area contributed by atoms with Crippen LogP contribution in [0.5, 0.6) is 5.75 Å². The smallest absolute Gasteiger partial charge is 0.416 e. The van der Waals surface area contributed by atoms with Crippen molar-refractivity contribution in [2.24, 2.45) is 0 Å². The van der Waals surface area contributed by atoms with Crippen molar-refractivity contribution in [3.05, 3.63) is 87.3 Å². The third kappa shape index (κ3) is 6.44. The zero-order chi connectivity index (χ0) is 24.9. The maximum atomic E-state index is 13.1. The third-order valence-corrected chi connectivity index (χ3v) is 4.90. The van der Waals surface area contributed by atoms with E-state index in [0.29, 0.717) is 18.1 Å². The summed E-state index contributed by atoms with van der Waals surface area (Å²) in [6, 6.07) is 12.8. The Bertz CT molecular complexity index is 1220. The number of likely N-dealkylation sites (N-methyl/N-ethyl adjacent to an activating group) is 1. The highest BCUT2D eigenvalue weighted by molar-refractivity contribution is 5.92. The van der Waals surface area contributed by atoms with E-state index in [4.69, 9.17) is 4.74 Å². The fourth-order valence-electron chi connectivity index (χ4n) is 3.14. The summed E-state index contributed by atoms with van der Waals surface area (Å²) >= 11 is 0. The van der Waals surface area contributed by atoms with Crippen LogP contribution in [0.15, 0.2) is 59.4 Å². The van der Waals surface area contributed by atoms with Crippen molar-refractivity contribution in [3.8, 4) is 11.4 Å². The molecule has 0 aliphatic carbocycles. The number of carbonyl (C=O) groups excluding carboxylic acids is 1. The molecule has 0 saturated heterocycles. The van der Waals surface area contributed by atoms with Crippen LogP contribution in [-0.2, 0) is 12.7 Å². The number of benzene rings is 2. The van der Waals surface area contributed by atoms with E-state index in [1.165, 1.54) is 25.1 Å². The maximum absolute atomic E-state index is 13.1. The zero-order valence-electron chi connectivity index (χ0n) is 19.0. The fourth-order valence-corrected chi connectivity index (χ4v) is 3.14. The number of aromatic nitrogens is 2. The Kier molecular flexibility index (Phi) is 7.72. The molecule has 34 heavy (non-hydrogen) atoms. The molecule has 3 aromatic rings. The van der Waals surface area contributed by atoms with Crippen LogP contribution in [0.25, 0.3) is 5.69 Å². The van der Waals surface area contributed by atoms with E-state index in [1.54, 1.807) is 24.3 Å². The minimum Gasteiger partial charge on any atom is -0.492 e. The molecule has 0 fully saturated rings. The average Bonchev–Trinajstić information content (AvgIpc) is 2.77. The van der Waals surface area contributed by atoms with Crippen LogP contribution in [0, 0.1) is 6.92 Å². The Hall–Kier alpha value is -3.66. The Labute approximate surface area is 194 Å². The maximum Gasteiger partial charge on any atom is 0.416 e. The molecule has 0 bridgehead atoms. The van der Waals surface area contributed by atoms with Gasteiger partial charge in [0.05, 0.1) is 11.3 Å². The van der Waals surface area contributed by atoms with Crippen LogP contribution in [0.2, 0.25) is 0 Å². The number of nitrogens with zero attached hydrogens (tertiary/aromatic N) is 3. The molecule has 180 valence electrons. The molecule has 10 heteroatoms. The lowest BCUT2D eigenvalue weighted by molar-refractivity contribution is -0.137. The molecule has 1 aromatic heterocycles. The van der Waals surface area contributed by atoms with Gasteiger partial charge < -0.3 is 15.0 Å². The number of alkyl halides is 3. The van der Waals surface area contributed by atoms with Gasteiger partial charge in [0.25, 0.3) is 5.91 Å². The molecule has 2 aromatic carbocycles. The summed E-state index contributed by atoms with van der Waals surface area (Å²) in [6.07, 6.45) is -4.53. The summed E-state index contributed by atoms with van der Waals surface area (Å²) in [6.45, 7) is 2.89. The fraction of sp³-hybridized carbons (Fsp3) is 0.292. The summed E-state index contributed by atoms with van der Waals surface area (Å²) < 4.78 is 46.1. The summed E-state index contributed by atoms with van der Waals surface area (Å²) in [5, 5.41) is 6.68. The van der Waals surface area contributed by atoms with Gasteiger partial charge in [-0.2, -0.15) is 18.3 Å². The topological polar surface area (TPSA) is 76.5 Å². The number of hydrogen-bond donors (Lipinski definition) is 1. The molecular weight excluding hydrogens is 449 g/mol. The second-order valence-corrected chi connectivity index (χ2v) is 7.94. The van der Waals surface area contributed by atoms with E-state index in [1.807, 2.05) is 19.0 Å². The van der Waals surface area contributed by atoms with E-state index in [2.05, 4.69) is 10.4 Å². The van der Waals surface area contributed by atoms with Crippen molar-refractivity contribution in [3.63, 3.8) is 0 Å². The number of rotatable bonds is 8. The van der Waals surface area contributed by atoms with Gasteiger partial charge in [-0.25, -0.2) is 4.68 Å². The second kappa shape index (κ2) is 10.5. The van der Waals surface area contributed by atoms with Gasteiger partial charge in [-0.05, 0) is 56.9 Å². The van der Waals surface area contributed by atoms with Crippen molar-refractivity contribution in [2.45, 2.75) is 19.6 Å². The highest BCUT2D eigenvalue weighted by atomic mass is 19.4. The number of amides is 1. The van der Waals surface area contributed by atoms with Crippen molar-refractivity contribution in [2.75, 3.05) is 27.2 Å². The quantitative estimate of drug-likeness (QED) is 0.542. The molecule has 0 spiro atoms. The number of ether oxygens (including phenoxy) is 1. The van der Waals surface area contributed by atoms with Crippen LogP contribution >= 0.6 is 0 Å². The summed E-state index contributed by atoms with van der Waals surface area (Å²) in [7, 11) is 3.88. The summed E-state index contributed by atoms with van der Waals surface area (Å²) in [5.41, 5.74) is -0.766. The minimum atomic E-state index is -4.53.